The van der Waals surface area contributed by atoms with Crippen molar-refractivity contribution < 1.29 is 9.21 Å². The van der Waals surface area contributed by atoms with E-state index in [1.807, 2.05) is 48.7 Å². The molecule has 3 heterocycles. The van der Waals surface area contributed by atoms with E-state index in [1.165, 1.54) is 0 Å². The topological polar surface area (TPSA) is 73.0 Å². The van der Waals surface area contributed by atoms with Crippen molar-refractivity contribution in [2.75, 3.05) is 0 Å². The maximum atomic E-state index is 12.6. The molecule has 0 aliphatic rings. The number of furan rings is 1. The average Bonchev–Trinajstić information content (AvgIpc) is 3.40. The van der Waals surface area contributed by atoms with Crippen LogP contribution in [0.25, 0.3) is 17.1 Å². The number of hydrogen-bond acceptors (Lipinski definition) is 4. The number of benzene rings is 1. The van der Waals surface area contributed by atoms with Gasteiger partial charge in [0.05, 0.1) is 12.0 Å². The quantitative estimate of drug-likeness (QED) is 0.602. The molecule has 0 saturated carbocycles. The summed E-state index contributed by atoms with van der Waals surface area (Å²) < 4.78 is 7.14. The predicted octanol–water partition coefficient (Wildman–Crippen LogP) is 3.46. The van der Waals surface area contributed by atoms with Crippen LogP contribution in [-0.4, -0.2) is 20.7 Å². The summed E-state index contributed by atoms with van der Waals surface area (Å²) in [5.41, 5.74) is 3.02. The largest absolute Gasteiger partial charge is 0.463 e. The zero-order valence-corrected chi connectivity index (χ0v) is 13.9. The lowest BCUT2D eigenvalue weighted by atomic mass is 10.1. The first-order valence-corrected chi connectivity index (χ1v) is 8.17. The fourth-order valence-corrected chi connectivity index (χ4v) is 2.71. The van der Waals surface area contributed by atoms with E-state index in [-0.39, 0.29) is 5.91 Å². The van der Waals surface area contributed by atoms with Gasteiger partial charge < -0.3 is 9.73 Å². The van der Waals surface area contributed by atoms with Crippen LogP contribution in [0.15, 0.2) is 83.9 Å². The van der Waals surface area contributed by atoms with Crippen LogP contribution >= 0.6 is 0 Å². The minimum Gasteiger partial charge on any atom is -0.463 e. The van der Waals surface area contributed by atoms with Crippen LogP contribution in [0.1, 0.15) is 15.9 Å². The van der Waals surface area contributed by atoms with E-state index in [0.717, 1.165) is 16.9 Å². The molecule has 26 heavy (non-hydrogen) atoms. The molecule has 6 heteroatoms. The van der Waals surface area contributed by atoms with Crippen molar-refractivity contribution in [3.63, 3.8) is 0 Å². The van der Waals surface area contributed by atoms with Crippen LogP contribution < -0.4 is 5.32 Å². The number of nitrogens with zero attached hydrogens (tertiary/aromatic N) is 3. The van der Waals surface area contributed by atoms with Gasteiger partial charge >= 0.3 is 0 Å². The van der Waals surface area contributed by atoms with Crippen LogP contribution in [0, 0.1) is 0 Å². The van der Waals surface area contributed by atoms with Crippen molar-refractivity contribution in [2.45, 2.75) is 6.54 Å². The Morgan fingerprint density at radius 3 is 2.85 bits per heavy atom. The molecule has 4 rings (SSSR count). The average molecular weight is 344 g/mol. The third kappa shape index (κ3) is 3.25. The first kappa shape index (κ1) is 15.8. The molecule has 0 radical (unpaired) electrons. The number of carbonyl (C=O) groups is 1. The molecule has 0 saturated heterocycles. The van der Waals surface area contributed by atoms with E-state index < -0.39 is 0 Å². The number of carbonyl (C=O) groups excluding carboxylic acids is 1. The maximum absolute atomic E-state index is 12.6. The lowest BCUT2D eigenvalue weighted by Gasteiger charge is -2.09. The van der Waals surface area contributed by atoms with Gasteiger partial charge in [-0.1, -0.05) is 12.1 Å². The monoisotopic (exact) mass is 344 g/mol. The highest BCUT2D eigenvalue weighted by molar-refractivity contribution is 5.94. The molecule has 1 N–H and O–H groups in total. The fraction of sp³-hybridized carbons (Fsp3) is 0.0500. The third-order valence-corrected chi connectivity index (χ3v) is 3.96. The summed E-state index contributed by atoms with van der Waals surface area (Å²) in [5.74, 6) is 0.517. The van der Waals surface area contributed by atoms with E-state index in [4.69, 9.17) is 4.42 Å². The first-order valence-electron chi connectivity index (χ1n) is 8.17. The summed E-state index contributed by atoms with van der Waals surface area (Å²) >= 11 is 0. The number of nitrogens with one attached hydrogen (secondary N) is 1. The Kier molecular flexibility index (Phi) is 4.30. The van der Waals surface area contributed by atoms with Crippen molar-refractivity contribution in [1.82, 2.24) is 20.1 Å². The lowest BCUT2D eigenvalue weighted by Crippen LogP contribution is -2.23. The van der Waals surface area contributed by atoms with E-state index >= 15 is 0 Å². The number of hydrogen-bond donors (Lipinski definition) is 1. The minimum absolute atomic E-state index is 0.159. The highest BCUT2D eigenvalue weighted by Gasteiger charge is 2.11. The molecule has 1 aromatic carbocycles. The lowest BCUT2D eigenvalue weighted by molar-refractivity contribution is 0.0951. The van der Waals surface area contributed by atoms with Crippen LogP contribution in [0.2, 0.25) is 0 Å². The van der Waals surface area contributed by atoms with Crippen molar-refractivity contribution in [2.24, 2.45) is 0 Å². The standard InChI is InChI=1S/C20H16N4O2/c25-20(15-5-1-7-17(13-15)24-11-4-10-23-24)22-14-16-6-2-9-21-19(16)18-8-3-12-26-18/h1-13H,14H2,(H,22,25). The van der Waals surface area contributed by atoms with Gasteiger partial charge in [-0.25, -0.2) is 4.68 Å². The van der Waals surface area contributed by atoms with E-state index in [1.54, 1.807) is 35.5 Å². The van der Waals surface area contributed by atoms with Crippen molar-refractivity contribution in [1.29, 1.82) is 0 Å². The molecule has 0 unspecified atom stereocenters. The van der Waals surface area contributed by atoms with Crippen LogP contribution in [-0.2, 0) is 6.54 Å². The summed E-state index contributed by atoms with van der Waals surface area (Å²) in [4.78, 5) is 16.9. The second kappa shape index (κ2) is 7.06. The van der Waals surface area contributed by atoms with E-state index in [0.29, 0.717) is 17.9 Å². The van der Waals surface area contributed by atoms with Gasteiger partial charge in [0.25, 0.3) is 5.91 Å². The van der Waals surface area contributed by atoms with Gasteiger partial charge in [0.1, 0.15) is 5.69 Å². The zero-order chi connectivity index (χ0) is 17.8. The maximum Gasteiger partial charge on any atom is 0.251 e. The molecule has 0 fully saturated rings. The predicted molar refractivity (Wildman–Crippen MR) is 96.7 cm³/mol. The summed E-state index contributed by atoms with van der Waals surface area (Å²) in [6.45, 7) is 0.356. The van der Waals surface area contributed by atoms with Crippen LogP contribution in [0.3, 0.4) is 0 Å². The molecule has 4 aromatic rings. The highest BCUT2D eigenvalue weighted by atomic mass is 16.3. The molecular formula is C20H16N4O2. The Morgan fingerprint density at radius 2 is 2.04 bits per heavy atom. The van der Waals surface area contributed by atoms with E-state index in [9.17, 15) is 4.79 Å². The van der Waals surface area contributed by atoms with Gasteiger partial charge in [-0.15, -0.1) is 0 Å². The van der Waals surface area contributed by atoms with Crippen molar-refractivity contribution >= 4 is 5.91 Å². The number of rotatable bonds is 5. The SMILES string of the molecule is O=C(NCc1cccnc1-c1ccco1)c1cccc(-n2cccn2)c1. The Labute approximate surface area is 150 Å². The van der Waals surface area contributed by atoms with E-state index in [2.05, 4.69) is 15.4 Å². The van der Waals surface area contributed by atoms with Crippen LogP contribution in [0.4, 0.5) is 0 Å². The molecule has 128 valence electrons. The Hall–Kier alpha value is -3.67. The molecule has 0 aliphatic carbocycles. The Bertz CT molecular complexity index is 1010. The van der Waals surface area contributed by atoms with Gasteiger partial charge in [0.2, 0.25) is 0 Å². The molecule has 0 aliphatic heterocycles. The molecule has 0 bridgehead atoms. The third-order valence-electron chi connectivity index (χ3n) is 3.96. The molecule has 0 atom stereocenters. The van der Waals surface area contributed by atoms with Crippen LogP contribution in [0.5, 0.6) is 0 Å². The molecule has 6 nitrogen and oxygen atoms in total. The number of amides is 1. The summed E-state index contributed by atoms with van der Waals surface area (Å²) in [6.07, 6.45) is 6.84. The van der Waals surface area contributed by atoms with Crippen molar-refractivity contribution in [3.05, 3.63) is 90.6 Å². The van der Waals surface area contributed by atoms with Gasteiger partial charge in [-0.3, -0.25) is 9.78 Å². The first-order chi connectivity index (χ1) is 12.8. The summed E-state index contributed by atoms with van der Waals surface area (Å²) in [5, 5.41) is 7.13. The van der Waals surface area contributed by atoms with Gasteiger partial charge in [0, 0.05) is 36.3 Å². The molecule has 0 spiro atoms. The number of pyridine rings is 1. The van der Waals surface area contributed by atoms with Gasteiger partial charge in [-0.05, 0) is 42.5 Å². The molecule has 3 aromatic heterocycles. The fourth-order valence-electron chi connectivity index (χ4n) is 2.71. The smallest absolute Gasteiger partial charge is 0.251 e. The summed E-state index contributed by atoms with van der Waals surface area (Å²) in [7, 11) is 0. The normalized spacial score (nSPS) is 10.6. The van der Waals surface area contributed by atoms with Crippen molar-refractivity contribution in [3.8, 4) is 17.1 Å². The van der Waals surface area contributed by atoms with Gasteiger partial charge in [-0.2, -0.15) is 5.10 Å². The zero-order valence-electron chi connectivity index (χ0n) is 13.9. The number of aromatic nitrogens is 3. The second-order valence-corrected chi connectivity index (χ2v) is 5.67. The second-order valence-electron chi connectivity index (χ2n) is 5.67. The molecule has 1 amide bonds. The highest BCUT2D eigenvalue weighted by Crippen LogP contribution is 2.21. The Morgan fingerprint density at radius 1 is 1.08 bits per heavy atom. The minimum atomic E-state index is -0.159. The Balaban J connectivity index is 1.51. The molecular weight excluding hydrogens is 328 g/mol. The summed E-state index contributed by atoms with van der Waals surface area (Å²) in [6, 6.07) is 16.6. The van der Waals surface area contributed by atoms with Gasteiger partial charge in [0.15, 0.2) is 5.76 Å².